The van der Waals surface area contributed by atoms with Gasteiger partial charge < -0.3 is 4.90 Å². The van der Waals surface area contributed by atoms with Crippen molar-refractivity contribution in [1.82, 2.24) is 9.88 Å². The van der Waals surface area contributed by atoms with E-state index in [0.29, 0.717) is 44.3 Å². The van der Waals surface area contributed by atoms with Gasteiger partial charge in [-0.2, -0.15) is 0 Å². The first-order chi connectivity index (χ1) is 13.9. The number of hydrogen-bond donors (Lipinski definition) is 0. The van der Waals surface area contributed by atoms with Gasteiger partial charge in [0.15, 0.2) is 0 Å². The Balaban J connectivity index is 1.37. The van der Waals surface area contributed by atoms with Gasteiger partial charge in [-0.15, -0.1) is 0 Å². The molecule has 150 valence electrons. The number of halogens is 3. The van der Waals surface area contributed by atoms with Crippen LogP contribution in [-0.2, 0) is 4.79 Å². The molecule has 0 saturated carbocycles. The Bertz CT molecular complexity index is 999. The number of benzene rings is 1. The molecule has 0 aliphatic carbocycles. The van der Waals surface area contributed by atoms with E-state index in [9.17, 15) is 13.6 Å². The first-order valence-corrected chi connectivity index (χ1v) is 10.5. The van der Waals surface area contributed by atoms with Gasteiger partial charge in [0, 0.05) is 37.5 Å². The Kier molecular flexibility index (Phi) is 4.42. The highest BCUT2D eigenvalue weighted by atomic mass is 79.9. The topological polar surface area (TPSA) is 48.8 Å². The molecule has 1 unspecified atom stereocenters. The number of amidine groups is 1. The Labute approximate surface area is 175 Å². The standard InChI is InChI=1S/C21H19BrF2N4O/c22-18-12-16(3-6-25-18)27-7-4-21(5-8-27)20(29)28-17(1-2-19(28)26-21)13-9-14(23)11-15(24)10-13/h3,6,9-12,17H,1-2,4-5,7-8H2. The predicted octanol–water partition coefficient (Wildman–Crippen LogP) is 4.24. The van der Waals surface area contributed by atoms with E-state index >= 15 is 0 Å². The lowest BCUT2D eigenvalue weighted by molar-refractivity contribution is -0.133. The van der Waals surface area contributed by atoms with Gasteiger partial charge in [0.25, 0.3) is 5.91 Å². The number of aliphatic imine (C=N–C) groups is 1. The van der Waals surface area contributed by atoms with Crippen LogP contribution < -0.4 is 4.90 Å². The van der Waals surface area contributed by atoms with Crippen LogP contribution in [0.2, 0.25) is 0 Å². The van der Waals surface area contributed by atoms with Gasteiger partial charge in [0.2, 0.25) is 0 Å². The number of nitrogens with zero attached hydrogens (tertiary/aromatic N) is 4. The number of fused-ring (bicyclic) bond motifs is 1. The molecular formula is C21H19BrF2N4O. The maximum Gasteiger partial charge on any atom is 0.256 e. The van der Waals surface area contributed by atoms with Gasteiger partial charge in [-0.1, -0.05) is 0 Å². The van der Waals surface area contributed by atoms with Gasteiger partial charge in [-0.05, 0) is 65.0 Å². The summed E-state index contributed by atoms with van der Waals surface area (Å²) in [6, 6.07) is 7.07. The fourth-order valence-corrected chi connectivity index (χ4v) is 5.07. The molecule has 5 nitrogen and oxygen atoms in total. The normalized spacial score (nSPS) is 22.9. The van der Waals surface area contributed by atoms with Crippen LogP contribution in [0.1, 0.15) is 37.3 Å². The van der Waals surface area contributed by atoms with Crippen LogP contribution in [0.3, 0.4) is 0 Å². The van der Waals surface area contributed by atoms with E-state index in [-0.39, 0.29) is 11.9 Å². The highest BCUT2D eigenvalue weighted by Gasteiger charge is 2.53. The summed E-state index contributed by atoms with van der Waals surface area (Å²) < 4.78 is 28.2. The number of rotatable bonds is 2. The van der Waals surface area contributed by atoms with Crippen molar-refractivity contribution in [2.24, 2.45) is 4.99 Å². The second kappa shape index (κ2) is 6.86. The molecule has 5 rings (SSSR count). The van der Waals surface area contributed by atoms with Crippen LogP contribution in [0.4, 0.5) is 14.5 Å². The summed E-state index contributed by atoms with van der Waals surface area (Å²) in [6.07, 6.45) is 4.29. The second-order valence-corrected chi connectivity index (χ2v) is 8.63. The zero-order chi connectivity index (χ0) is 20.2. The van der Waals surface area contributed by atoms with Crippen LogP contribution in [0.25, 0.3) is 0 Å². The lowest BCUT2D eigenvalue weighted by Gasteiger charge is -2.38. The summed E-state index contributed by atoms with van der Waals surface area (Å²) in [6.45, 7) is 1.43. The van der Waals surface area contributed by atoms with Crippen molar-refractivity contribution >= 4 is 33.4 Å². The van der Waals surface area contributed by atoms with Crippen molar-refractivity contribution in [2.45, 2.75) is 37.3 Å². The molecule has 1 atom stereocenters. The molecule has 0 bridgehead atoms. The van der Waals surface area contributed by atoms with Crippen LogP contribution in [-0.4, -0.2) is 40.3 Å². The molecule has 1 aromatic heterocycles. The number of carbonyl (C=O) groups excluding carboxylic acids is 1. The summed E-state index contributed by atoms with van der Waals surface area (Å²) in [5.41, 5.74) is 0.811. The molecule has 1 spiro atoms. The summed E-state index contributed by atoms with van der Waals surface area (Å²) in [4.78, 5) is 26.3. The minimum absolute atomic E-state index is 0.0322. The number of pyridine rings is 1. The molecule has 2 aromatic rings. The monoisotopic (exact) mass is 460 g/mol. The maximum absolute atomic E-state index is 13.7. The molecule has 2 fully saturated rings. The lowest BCUT2D eigenvalue weighted by atomic mass is 9.86. The quantitative estimate of drug-likeness (QED) is 0.629. The minimum atomic E-state index is -0.749. The molecule has 1 aromatic carbocycles. The van der Waals surface area contributed by atoms with Crippen molar-refractivity contribution in [3.8, 4) is 0 Å². The third-order valence-electron chi connectivity index (χ3n) is 6.13. The zero-order valence-electron chi connectivity index (χ0n) is 15.6. The van der Waals surface area contributed by atoms with Crippen molar-refractivity contribution in [1.29, 1.82) is 0 Å². The number of amides is 1. The van der Waals surface area contributed by atoms with Crippen LogP contribution in [0, 0.1) is 11.6 Å². The Morgan fingerprint density at radius 1 is 1.10 bits per heavy atom. The predicted molar refractivity (Wildman–Crippen MR) is 109 cm³/mol. The van der Waals surface area contributed by atoms with Crippen molar-refractivity contribution < 1.29 is 13.6 Å². The summed E-state index contributed by atoms with van der Waals surface area (Å²) in [5, 5.41) is 0. The molecule has 3 aliphatic heterocycles. The molecule has 0 N–H and O–H groups in total. The Hall–Kier alpha value is -2.35. The van der Waals surface area contributed by atoms with Gasteiger partial charge in [0.1, 0.15) is 27.6 Å². The van der Waals surface area contributed by atoms with Crippen LogP contribution in [0.5, 0.6) is 0 Å². The highest BCUT2D eigenvalue weighted by molar-refractivity contribution is 9.10. The summed E-state index contributed by atoms with van der Waals surface area (Å²) in [5.74, 6) is -0.521. The summed E-state index contributed by atoms with van der Waals surface area (Å²) >= 11 is 3.40. The average Bonchev–Trinajstić information content (AvgIpc) is 3.20. The average molecular weight is 461 g/mol. The first-order valence-electron chi connectivity index (χ1n) is 9.70. The van der Waals surface area contributed by atoms with Gasteiger partial charge in [-0.3, -0.25) is 14.7 Å². The Morgan fingerprint density at radius 2 is 1.83 bits per heavy atom. The van der Waals surface area contributed by atoms with E-state index in [1.165, 1.54) is 12.1 Å². The SMILES string of the molecule is O=C1N2C(=NC13CCN(c1ccnc(Br)c1)CC3)CCC2c1cc(F)cc(F)c1. The number of hydrogen-bond acceptors (Lipinski definition) is 4. The first kappa shape index (κ1) is 18.7. The Morgan fingerprint density at radius 3 is 2.52 bits per heavy atom. The van der Waals surface area contributed by atoms with Crippen molar-refractivity contribution in [2.75, 3.05) is 18.0 Å². The van der Waals surface area contributed by atoms with Gasteiger partial charge in [-0.25, -0.2) is 13.8 Å². The highest BCUT2D eigenvalue weighted by Crippen LogP contribution is 2.44. The molecule has 0 radical (unpaired) electrons. The van der Waals surface area contributed by atoms with Crippen molar-refractivity contribution in [3.63, 3.8) is 0 Å². The number of piperidine rings is 1. The van der Waals surface area contributed by atoms with Crippen molar-refractivity contribution in [3.05, 3.63) is 58.3 Å². The number of anilines is 1. The van der Waals surface area contributed by atoms with E-state index in [2.05, 4.69) is 25.8 Å². The third-order valence-corrected chi connectivity index (χ3v) is 6.56. The molecule has 29 heavy (non-hydrogen) atoms. The van der Waals surface area contributed by atoms with Gasteiger partial charge >= 0.3 is 0 Å². The molecule has 4 heterocycles. The van der Waals surface area contributed by atoms with E-state index in [1.54, 1.807) is 11.1 Å². The van der Waals surface area contributed by atoms with Crippen LogP contribution in [0.15, 0.2) is 46.1 Å². The fraction of sp³-hybridized carbons (Fsp3) is 0.381. The number of aromatic nitrogens is 1. The largest absolute Gasteiger partial charge is 0.371 e. The van der Waals surface area contributed by atoms with E-state index in [0.717, 1.165) is 22.2 Å². The second-order valence-electron chi connectivity index (χ2n) is 7.82. The lowest BCUT2D eigenvalue weighted by Crippen LogP contribution is -2.50. The molecule has 1 amide bonds. The van der Waals surface area contributed by atoms with E-state index in [4.69, 9.17) is 4.99 Å². The smallest absolute Gasteiger partial charge is 0.256 e. The molecule has 8 heteroatoms. The minimum Gasteiger partial charge on any atom is -0.371 e. The molecular weight excluding hydrogens is 442 g/mol. The van der Waals surface area contributed by atoms with Gasteiger partial charge in [0.05, 0.1) is 6.04 Å². The summed E-state index contributed by atoms with van der Waals surface area (Å²) in [7, 11) is 0. The number of carbonyl (C=O) groups is 1. The zero-order valence-corrected chi connectivity index (χ0v) is 17.2. The molecule has 2 saturated heterocycles. The maximum atomic E-state index is 13.7. The van der Waals surface area contributed by atoms with E-state index < -0.39 is 17.2 Å². The fourth-order valence-electron chi connectivity index (χ4n) is 4.72. The van der Waals surface area contributed by atoms with E-state index in [1.807, 2.05) is 12.1 Å². The third kappa shape index (κ3) is 3.13. The van der Waals surface area contributed by atoms with Crippen LogP contribution >= 0.6 is 15.9 Å². The molecule has 3 aliphatic rings.